The molecule has 0 saturated heterocycles. The van der Waals surface area contributed by atoms with Crippen LogP contribution in [0, 0.1) is 0 Å². The molecule has 0 aliphatic heterocycles. The molecular weight excluding hydrogens is 324 g/mol. The Morgan fingerprint density at radius 3 is 2.52 bits per heavy atom. The van der Waals surface area contributed by atoms with E-state index in [0.29, 0.717) is 28.0 Å². The highest BCUT2D eigenvalue weighted by atomic mass is 16.5. The first kappa shape index (κ1) is 16.4. The first-order valence-electron chi connectivity index (χ1n) is 7.60. The van der Waals surface area contributed by atoms with Crippen molar-refractivity contribution in [1.29, 1.82) is 0 Å². The van der Waals surface area contributed by atoms with Gasteiger partial charge in [-0.05, 0) is 50.2 Å². The number of nitrogens with one attached hydrogen (secondary N) is 2. The van der Waals surface area contributed by atoms with Crippen LogP contribution in [-0.2, 0) is 0 Å². The molecule has 0 radical (unpaired) electrons. The minimum Gasteiger partial charge on any atom is -0.489 e. The average molecular weight is 340 g/mol. The van der Waals surface area contributed by atoms with Gasteiger partial charge in [0, 0.05) is 5.56 Å². The number of rotatable bonds is 5. The van der Waals surface area contributed by atoms with Gasteiger partial charge in [0.25, 0.3) is 5.91 Å². The fourth-order valence-electron chi connectivity index (χ4n) is 2.29. The number of carbonyl (C=O) groups is 2. The predicted octanol–water partition coefficient (Wildman–Crippen LogP) is 2.70. The van der Waals surface area contributed by atoms with Crippen LogP contribution in [0.1, 0.15) is 34.6 Å². The highest BCUT2D eigenvalue weighted by molar-refractivity contribution is 6.07. The third-order valence-corrected chi connectivity index (χ3v) is 3.42. The second-order valence-corrected chi connectivity index (χ2v) is 5.66. The average Bonchev–Trinajstić information content (AvgIpc) is 3.03. The van der Waals surface area contributed by atoms with E-state index in [1.807, 2.05) is 13.8 Å². The number of hydrogen-bond acceptors (Lipinski definition) is 5. The maximum absolute atomic E-state index is 12.5. The van der Waals surface area contributed by atoms with E-state index in [1.54, 1.807) is 18.2 Å². The summed E-state index contributed by atoms with van der Waals surface area (Å²) in [5, 5.41) is 22.2. The molecule has 2 aromatic carbocycles. The van der Waals surface area contributed by atoms with Gasteiger partial charge in [-0.25, -0.2) is 4.79 Å². The molecule has 1 amide bonds. The van der Waals surface area contributed by atoms with Crippen molar-refractivity contribution in [3.63, 3.8) is 0 Å². The fourth-order valence-corrected chi connectivity index (χ4v) is 2.29. The molecule has 0 bridgehead atoms. The Morgan fingerprint density at radius 1 is 1.08 bits per heavy atom. The Kier molecular flexibility index (Phi) is 4.34. The van der Waals surface area contributed by atoms with Gasteiger partial charge < -0.3 is 15.2 Å². The van der Waals surface area contributed by atoms with E-state index >= 15 is 0 Å². The van der Waals surface area contributed by atoms with Crippen molar-refractivity contribution < 1.29 is 19.4 Å². The Balaban J connectivity index is 1.92. The van der Waals surface area contributed by atoms with E-state index in [2.05, 4.69) is 20.7 Å². The lowest BCUT2D eigenvalue weighted by Gasteiger charge is -2.15. The van der Waals surface area contributed by atoms with E-state index in [0.717, 1.165) is 0 Å². The molecular formula is C17H16N4O4. The number of amides is 1. The summed E-state index contributed by atoms with van der Waals surface area (Å²) >= 11 is 0. The number of carbonyl (C=O) groups excluding carboxylic acids is 1. The molecule has 0 fully saturated rings. The molecule has 3 N–H and O–H groups in total. The van der Waals surface area contributed by atoms with Gasteiger partial charge in [0.2, 0.25) is 0 Å². The molecule has 8 heteroatoms. The largest absolute Gasteiger partial charge is 0.489 e. The van der Waals surface area contributed by atoms with E-state index in [-0.39, 0.29) is 11.7 Å². The number of carboxylic acids is 1. The standard InChI is InChI=1S/C17H16N4O4/c1-9(2)25-15-6-4-11(17(23)24)8-14(15)18-16(22)10-3-5-12-13(7-10)20-21-19-12/h3-9H,1-2H3,(H,18,22)(H,23,24)(H,19,20,21). The van der Waals surface area contributed by atoms with Crippen LogP contribution < -0.4 is 10.1 Å². The summed E-state index contributed by atoms with van der Waals surface area (Å²) in [6, 6.07) is 9.21. The van der Waals surface area contributed by atoms with Crippen LogP contribution in [0.25, 0.3) is 11.0 Å². The fraction of sp³-hybridized carbons (Fsp3) is 0.176. The van der Waals surface area contributed by atoms with Gasteiger partial charge in [-0.3, -0.25) is 4.79 Å². The summed E-state index contributed by atoms with van der Waals surface area (Å²) in [6.45, 7) is 3.68. The number of aromatic nitrogens is 3. The number of fused-ring (bicyclic) bond motifs is 1. The molecule has 0 aliphatic rings. The Hall–Kier alpha value is -3.42. The molecule has 25 heavy (non-hydrogen) atoms. The van der Waals surface area contributed by atoms with Gasteiger partial charge in [-0.2, -0.15) is 15.4 Å². The number of aromatic amines is 1. The second-order valence-electron chi connectivity index (χ2n) is 5.66. The Labute approximate surface area is 142 Å². The molecule has 128 valence electrons. The molecule has 1 heterocycles. The van der Waals surface area contributed by atoms with Gasteiger partial charge in [-0.1, -0.05) is 0 Å². The van der Waals surface area contributed by atoms with Gasteiger partial charge in [0.1, 0.15) is 16.8 Å². The van der Waals surface area contributed by atoms with E-state index in [1.165, 1.54) is 18.2 Å². The molecule has 0 atom stereocenters. The van der Waals surface area contributed by atoms with Crippen LogP contribution in [0.4, 0.5) is 5.69 Å². The third-order valence-electron chi connectivity index (χ3n) is 3.42. The SMILES string of the molecule is CC(C)Oc1ccc(C(=O)O)cc1NC(=O)c1ccc2n[nH]nc2c1. The smallest absolute Gasteiger partial charge is 0.335 e. The molecule has 3 rings (SSSR count). The van der Waals surface area contributed by atoms with Crippen molar-refractivity contribution in [3.05, 3.63) is 47.5 Å². The van der Waals surface area contributed by atoms with Crippen LogP contribution in [0.3, 0.4) is 0 Å². The number of benzene rings is 2. The minimum atomic E-state index is -1.09. The maximum Gasteiger partial charge on any atom is 0.335 e. The second kappa shape index (κ2) is 6.60. The van der Waals surface area contributed by atoms with E-state index < -0.39 is 11.9 Å². The zero-order valence-corrected chi connectivity index (χ0v) is 13.6. The number of carboxylic acid groups (broad SMARTS) is 1. The number of anilines is 1. The zero-order chi connectivity index (χ0) is 18.0. The van der Waals surface area contributed by atoms with Gasteiger partial charge in [0.05, 0.1) is 17.4 Å². The maximum atomic E-state index is 12.5. The van der Waals surface area contributed by atoms with Gasteiger partial charge in [0.15, 0.2) is 0 Å². The Morgan fingerprint density at radius 2 is 1.80 bits per heavy atom. The lowest BCUT2D eigenvalue weighted by atomic mass is 10.1. The first-order valence-corrected chi connectivity index (χ1v) is 7.60. The topological polar surface area (TPSA) is 117 Å². The summed E-state index contributed by atoms with van der Waals surface area (Å²) in [6.07, 6.45) is -0.127. The van der Waals surface area contributed by atoms with Crippen LogP contribution in [0.5, 0.6) is 5.75 Å². The van der Waals surface area contributed by atoms with E-state index in [9.17, 15) is 9.59 Å². The summed E-state index contributed by atoms with van der Waals surface area (Å²) in [4.78, 5) is 23.7. The highest BCUT2D eigenvalue weighted by Gasteiger charge is 2.15. The van der Waals surface area contributed by atoms with Crippen molar-refractivity contribution in [2.45, 2.75) is 20.0 Å². The number of aromatic carboxylic acids is 1. The Bertz CT molecular complexity index is 949. The quantitative estimate of drug-likeness (QED) is 0.657. The third kappa shape index (κ3) is 3.57. The highest BCUT2D eigenvalue weighted by Crippen LogP contribution is 2.28. The summed E-state index contributed by atoms with van der Waals surface area (Å²) in [7, 11) is 0. The van der Waals surface area contributed by atoms with Gasteiger partial charge in [-0.15, -0.1) is 0 Å². The van der Waals surface area contributed by atoms with E-state index in [4.69, 9.17) is 9.84 Å². The molecule has 0 aliphatic carbocycles. The van der Waals surface area contributed by atoms with Crippen LogP contribution >= 0.6 is 0 Å². The minimum absolute atomic E-state index is 0.0540. The molecule has 1 aromatic heterocycles. The summed E-state index contributed by atoms with van der Waals surface area (Å²) in [5.41, 5.74) is 1.92. The molecule has 0 saturated carbocycles. The predicted molar refractivity (Wildman–Crippen MR) is 91.0 cm³/mol. The molecule has 0 spiro atoms. The van der Waals surface area contributed by atoms with Crippen molar-refractivity contribution >= 4 is 28.6 Å². The molecule has 8 nitrogen and oxygen atoms in total. The van der Waals surface area contributed by atoms with Crippen LogP contribution in [0.2, 0.25) is 0 Å². The summed E-state index contributed by atoms with van der Waals surface area (Å²) < 4.78 is 5.64. The summed E-state index contributed by atoms with van der Waals surface area (Å²) in [5.74, 6) is -1.09. The zero-order valence-electron chi connectivity index (χ0n) is 13.6. The molecule has 0 unspecified atom stereocenters. The lowest BCUT2D eigenvalue weighted by Crippen LogP contribution is -2.15. The van der Waals surface area contributed by atoms with Gasteiger partial charge >= 0.3 is 5.97 Å². The number of H-pyrrole nitrogens is 1. The number of hydrogen-bond donors (Lipinski definition) is 3. The number of ether oxygens (including phenoxy) is 1. The van der Waals surface area contributed by atoms with Crippen molar-refractivity contribution in [2.24, 2.45) is 0 Å². The normalized spacial score (nSPS) is 10.8. The van der Waals surface area contributed by atoms with Crippen LogP contribution in [-0.4, -0.2) is 38.5 Å². The monoisotopic (exact) mass is 340 g/mol. The van der Waals surface area contributed by atoms with Crippen molar-refractivity contribution in [1.82, 2.24) is 15.4 Å². The lowest BCUT2D eigenvalue weighted by molar-refractivity contribution is 0.0696. The molecule has 3 aromatic rings. The van der Waals surface area contributed by atoms with Crippen LogP contribution in [0.15, 0.2) is 36.4 Å². The van der Waals surface area contributed by atoms with Crippen molar-refractivity contribution in [2.75, 3.05) is 5.32 Å². The first-order chi connectivity index (χ1) is 11.9. The van der Waals surface area contributed by atoms with Crippen molar-refractivity contribution in [3.8, 4) is 5.75 Å². The number of nitrogens with zero attached hydrogens (tertiary/aromatic N) is 2.